The largest absolute Gasteiger partial charge is 1.00 e. The Labute approximate surface area is 186 Å². The molecule has 0 radical (unpaired) electrons. The Hall–Kier alpha value is -2.10. The Bertz CT molecular complexity index is 952. The van der Waals surface area contributed by atoms with Crippen molar-refractivity contribution in [1.82, 2.24) is 9.97 Å². The van der Waals surface area contributed by atoms with Gasteiger partial charge in [-0.3, -0.25) is 0 Å². The average molecular weight is 479 g/mol. The van der Waals surface area contributed by atoms with E-state index in [1.54, 1.807) is 13.2 Å². The van der Waals surface area contributed by atoms with Crippen LogP contribution in [0.25, 0.3) is 10.3 Å². The van der Waals surface area contributed by atoms with E-state index in [9.17, 15) is 0 Å². The Kier molecular flexibility index (Phi) is 8.06. The van der Waals surface area contributed by atoms with Crippen molar-refractivity contribution in [2.45, 2.75) is 6.92 Å². The Balaban J connectivity index is 0.00000300. The highest BCUT2D eigenvalue weighted by molar-refractivity contribution is 7.21. The number of hydrogen-bond donors (Lipinski definition) is 0. The molecule has 7 nitrogen and oxygen atoms in total. The van der Waals surface area contributed by atoms with Crippen molar-refractivity contribution in [3.63, 3.8) is 0 Å². The molecule has 0 N–H and O–H groups in total. The number of likely N-dealkylation sites (N-methyl/N-ethyl adjacent to an activating group) is 2. The van der Waals surface area contributed by atoms with E-state index in [0.29, 0.717) is 11.0 Å². The molecule has 3 aromatic rings. The quantitative estimate of drug-likeness (QED) is 0.364. The van der Waals surface area contributed by atoms with Gasteiger partial charge in [0.15, 0.2) is 0 Å². The molecule has 2 heterocycles. The smallest absolute Gasteiger partial charge is 0.232 e. The van der Waals surface area contributed by atoms with Crippen LogP contribution in [-0.4, -0.2) is 62.3 Å². The first-order valence-corrected chi connectivity index (χ1v) is 10.1. The molecule has 0 saturated heterocycles. The van der Waals surface area contributed by atoms with Gasteiger partial charge in [-0.25, -0.2) is 9.97 Å². The van der Waals surface area contributed by atoms with Crippen molar-refractivity contribution in [1.29, 1.82) is 0 Å². The van der Waals surface area contributed by atoms with Gasteiger partial charge in [0.05, 0.1) is 47.0 Å². The monoisotopic (exact) mass is 478 g/mol. The van der Waals surface area contributed by atoms with Crippen molar-refractivity contribution >= 4 is 38.2 Å². The second kappa shape index (κ2) is 10.1. The summed E-state index contributed by atoms with van der Waals surface area (Å²) in [6, 6.07) is 11.8. The van der Waals surface area contributed by atoms with E-state index in [2.05, 4.69) is 65.3 Å². The molecular weight excluding hydrogens is 452 g/mol. The zero-order chi connectivity index (χ0) is 20.1. The van der Waals surface area contributed by atoms with Crippen LogP contribution in [0.5, 0.6) is 5.88 Å². The number of rotatable bonds is 8. The van der Waals surface area contributed by atoms with E-state index in [-0.39, 0.29) is 17.0 Å². The first-order valence-electron chi connectivity index (χ1n) is 9.27. The van der Waals surface area contributed by atoms with Crippen LogP contribution in [0, 0.1) is 0 Å². The maximum Gasteiger partial charge on any atom is 0.232 e. The van der Waals surface area contributed by atoms with Crippen molar-refractivity contribution in [3.8, 4) is 5.88 Å². The van der Waals surface area contributed by atoms with Gasteiger partial charge < -0.3 is 31.1 Å². The lowest BCUT2D eigenvalue weighted by molar-refractivity contribution is -0.868. The molecule has 0 fully saturated rings. The highest BCUT2D eigenvalue weighted by Crippen LogP contribution is 2.29. The standard InChI is InChI=1S/C20H27N6OS.BrH/c1-6-25(13-14-26(2,3)4)16-9-7-15(8-10-16)23-24-20-21-17-11-12-18(27-5)22-19(17)28-20;/h7-12H,6,13-14H2,1-5H3;1H/q+1;/p-1. The van der Waals surface area contributed by atoms with Crippen LogP contribution in [0.15, 0.2) is 46.6 Å². The molecule has 2 aromatic heterocycles. The summed E-state index contributed by atoms with van der Waals surface area (Å²) in [4.78, 5) is 12.0. The highest BCUT2D eigenvalue weighted by Gasteiger charge is 2.11. The lowest BCUT2D eigenvalue weighted by Crippen LogP contribution is -3.00. The van der Waals surface area contributed by atoms with Crippen LogP contribution in [0.4, 0.5) is 16.5 Å². The molecule has 0 aliphatic carbocycles. The number of quaternary nitrogens is 1. The number of halogens is 1. The fourth-order valence-corrected chi connectivity index (χ4v) is 3.42. The molecule has 0 saturated carbocycles. The molecule has 0 bridgehead atoms. The summed E-state index contributed by atoms with van der Waals surface area (Å²) >= 11 is 1.39. The minimum absolute atomic E-state index is 0. The van der Waals surface area contributed by atoms with E-state index >= 15 is 0 Å². The van der Waals surface area contributed by atoms with E-state index in [1.807, 2.05) is 18.2 Å². The SMILES string of the molecule is CCN(CC[N+](C)(C)C)c1ccc(N=Nc2nc3ccc(OC)nc3s2)cc1.[Br-]. The number of aromatic nitrogens is 2. The Morgan fingerprint density at radius 1 is 1.03 bits per heavy atom. The summed E-state index contributed by atoms with van der Waals surface area (Å²) in [5, 5.41) is 9.17. The highest BCUT2D eigenvalue weighted by atomic mass is 79.9. The Morgan fingerprint density at radius 2 is 1.76 bits per heavy atom. The van der Waals surface area contributed by atoms with E-state index in [0.717, 1.165) is 40.2 Å². The topological polar surface area (TPSA) is 63.0 Å². The number of benzene rings is 1. The van der Waals surface area contributed by atoms with Gasteiger partial charge in [0.25, 0.3) is 0 Å². The average Bonchev–Trinajstić information content (AvgIpc) is 3.09. The van der Waals surface area contributed by atoms with Crippen LogP contribution in [-0.2, 0) is 0 Å². The lowest BCUT2D eigenvalue weighted by atomic mass is 10.2. The summed E-state index contributed by atoms with van der Waals surface area (Å²) in [5.41, 5.74) is 2.80. The molecule has 156 valence electrons. The number of methoxy groups -OCH3 is 1. The van der Waals surface area contributed by atoms with Gasteiger partial charge in [-0.05, 0) is 37.3 Å². The van der Waals surface area contributed by atoms with Crippen molar-refractivity contribution < 1.29 is 26.2 Å². The van der Waals surface area contributed by atoms with E-state index < -0.39 is 0 Å². The first-order chi connectivity index (χ1) is 13.4. The van der Waals surface area contributed by atoms with E-state index in [4.69, 9.17) is 4.74 Å². The third kappa shape index (κ3) is 6.45. The number of thiazole rings is 1. The molecule has 3 rings (SSSR count). The molecule has 0 aliphatic heterocycles. The van der Waals surface area contributed by atoms with Crippen LogP contribution < -0.4 is 26.6 Å². The van der Waals surface area contributed by atoms with Gasteiger partial charge in [0.2, 0.25) is 11.0 Å². The van der Waals surface area contributed by atoms with Crippen LogP contribution in [0.1, 0.15) is 6.92 Å². The van der Waals surface area contributed by atoms with Gasteiger partial charge >= 0.3 is 0 Å². The third-order valence-electron chi connectivity index (χ3n) is 4.32. The summed E-state index contributed by atoms with van der Waals surface area (Å²) in [6.45, 7) is 5.26. The lowest BCUT2D eigenvalue weighted by Gasteiger charge is -2.29. The molecule has 1 aromatic carbocycles. The first kappa shape index (κ1) is 23.2. The van der Waals surface area contributed by atoms with Crippen LogP contribution in [0.2, 0.25) is 0 Å². The number of hydrogen-bond acceptors (Lipinski definition) is 7. The van der Waals surface area contributed by atoms with Crippen molar-refractivity contribution in [2.75, 3.05) is 52.8 Å². The zero-order valence-electron chi connectivity index (χ0n) is 17.5. The van der Waals surface area contributed by atoms with Crippen LogP contribution in [0.3, 0.4) is 0 Å². The summed E-state index contributed by atoms with van der Waals surface area (Å²) < 4.78 is 6.10. The fourth-order valence-electron chi connectivity index (χ4n) is 2.67. The number of azo groups is 1. The zero-order valence-corrected chi connectivity index (χ0v) is 19.9. The minimum atomic E-state index is 0. The van der Waals surface area contributed by atoms with Crippen molar-refractivity contribution in [3.05, 3.63) is 36.4 Å². The fraction of sp³-hybridized carbons (Fsp3) is 0.400. The van der Waals surface area contributed by atoms with Gasteiger partial charge in [-0.15, -0.1) is 10.2 Å². The van der Waals surface area contributed by atoms with Gasteiger partial charge in [-0.1, -0.05) is 11.3 Å². The number of ether oxygens (including phenoxy) is 1. The number of fused-ring (bicyclic) bond motifs is 1. The predicted molar refractivity (Wildman–Crippen MR) is 115 cm³/mol. The third-order valence-corrected chi connectivity index (χ3v) is 5.17. The van der Waals surface area contributed by atoms with Gasteiger partial charge in [-0.2, -0.15) is 0 Å². The summed E-state index contributed by atoms with van der Waals surface area (Å²) in [6.07, 6.45) is 0. The minimum Gasteiger partial charge on any atom is -1.00 e. The maximum atomic E-state index is 5.15. The van der Waals surface area contributed by atoms with Crippen molar-refractivity contribution in [2.24, 2.45) is 10.2 Å². The van der Waals surface area contributed by atoms with Gasteiger partial charge in [0.1, 0.15) is 10.3 Å². The molecule has 0 unspecified atom stereocenters. The maximum absolute atomic E-state index is 5.15. The molecular formula is C20H27BrN6OS. The van der Waals surface area contributed by atoms with E-state index in [1.165, 1.54) is 17.0 Å². The molecule has 0 atom stereocenters. The molecule has 0 amide bonds. The predicted octanol–water partition coefficient (Wildman–Crippen LogP) is 1.65. The number of nitrogens with zero attached hydrogens (tertiary/aromatic N) is 6. The number of pyridine rings is 1. The second-order valence-electron chi connectivity index (χ2n) is 7.48. The summed E-state index contributed by atoms with van der Waals surface area (Å²) in [5.74, 6) is 0.570. The summed E-state index contributed by atoms with van der Waals surface area (Å²) in [7, 11) is 8.24. The molecule has 0 aliphatic rings. The molecule has 9 heteroatoms. The van der Waals surface area contributed by atoms with Crippen LogP contribution >= 0.6 is 11.3 Å². The number of anilines is 1. The normalized spacial score (nSPS) is 11.6. The molecule has 29 heavy (non-hydrogen) atoms. The molecule has 0 spiro atoms. The van der Waals surface area contributed by atoms with Gasteiger partial charge in [0, 0.05) is 18.3 Å². The Morgan fingerprint density at radius 3 is 2.38 bits per heavy atom. The second-order valence-corrected chi connectivity index (χ2v) is 8.44.